The van der Waals surface area contributed by atoms with Crippen LogP contribution in [0.5, 0.6) is 0 Å². The number of nitrogens with zero attached hydrogens (tertiary/aromatic N) is 4. The van der Waals surface area contributed by atoms with Crippen LogP contribution in [0.15, 0.2) is 28.7 Å². The molecular formula is C15H14BrN5OS. The van der Waals surface area contributed by atoms with Crippen molar-refractivity contribution in [3.05, 3.63) is 39.6 Å². The molecule has 1 aliphatic rings. The molecule has 0 atom stereocenters. The molecular weight excluding hydrogens is 378 g/mol. The Hall–Kier alpha value is -1.80. The topological polar surface area (TPSA) is 72.2 Å². The van der Waals surface area contributed by atoms with E-state index in [1.54, 1.807) is 0 Å². The van der Waals surface area contributed by atoms with Gasteiger partial charge in [0.05, 0.1) is 0 Å². The summed E-state index contributed by atoms with van der Waals surface area (Å²) >= 11 is 4.88. The van der Waals surface area contributed by atoms with E-state index in [0.29, 0.717) is 18.8 Å². The minimum absolute atomic E-state index is 0.0132. The van der Waals surface area contributed by atoms with Crippen molar-refractivity contribution in [2.45, 2.75) is 31.6 Å². The Labute approximate surface area is 145 Å². The van der Waals surface area contributed by atoms with Crippen LogP contribution >= 0.6 is 27.3 Å². The number of aryl methyl sites for hydroxylation is 1. The van der Waals surface area contributed by atoms with E-state index >= 15 is 0 Å². The first-order chi connectivity index (χ1) is 11.2. The molecule has 2 heterocycles. The fourth-order valence-corrected chi connectivity index (χ4v) is 3.45. The Morgan fingerprint density at radius 1 is 1.30 bits per heavy atom. The van der Waals surface area contributed by atoms with Crippen LogP contribution in [0.25, 0.3) is 4.96 Å². The Balaban J connectivity index is 1.38. The van der Waals surface area contributed by atoms with Crippen molar-refractivity contribution in [1.29, 1.82) is 0 Å². The summed E-state index contributed by atoms with van der Waals surface area (Å²) in [7, 11) is 0. The highest BCUT2D eigenvalue weighted by atomic mass is 79.9. The lowest BCUT2D eigenvalue weighted by Crippen LogP contribution is -2.12. The second kappa shape index (κ2) is 6.01. The van der Waals surface area contributed by atoms with Gasteiger partial charge in [-0.25, -0.2) is 0 Å². The summed E-state index contributed by atoms with van der Waals surface area (Å²) in [5, 5.41) is 16.7. The zero-order chi connectivity index (χ0) is 15.8. The first-order valence-corrected chi connectivity index (χ1v) is 9.06. The molecule has 1 fully saturated rings. The average Bonchev–Trinajstić information content (AvgIpc) is 3.17. The number of carbonyl (C=O) groups excluding carboxylic acids is 1. The molecule has 3 aromatic rings. The van der Waals surface area contributed by atoms with Gasteiger partial charge in [0.15, 0.2) is 5.82 Å². The van der Waals surface area contributed by atoms with E-state index in [-0.39, 0.29) is 5.91 Å². The molecule has 1 amide bonds. The smallest absolute Gasteiger partial charge is 0.234 e. The van der Waals surface area contributed by atoms with Crippen molar-refractivity contribution < 1.29 is 4.79 Å². The van der Waals surface area contributed by atoms with E-state index < -0.39 is 0 Å². The second-order valence-electron chi connectivity index (χ2n) is 5.58. The van der Waals surface area contributed by atoms with Crippen LogP contribution in [0.2, 0.25) is 0 Å². The maximum Gasteiger partial charge on any atom is 0.234 e. The average molecular weight is 392 g/mol. The molecule has 0 radical (unpaired) electrons. The molecule has 2 aromatic heterocycles. The van der Waals surface area contributed by atoms with E-state index in [9.17, 15) is 4.79 Å². The highest BCUT2D eigenvalue weighted by Crippen LogP contribution is 2.39. The molecule has 1 aromatic carbocycles. The molecule has 0 bridgehead atoms. The Morgan fingerprint density at radius 2 is 2.09 bits per heavy atom. The summed E-state index contributed by atoms with van der Waals surface area (Å²) in [6.45, 7) is 0. The largest absolute Gasteiger partial charge is 0.326 e. The first kappa shape index (κ1) is 14.8. The maximum atomic E-state index is 12.0. The van der Waals surface area contributed by atoms with E-state index in [0.717, 1.165) is 26.0 Å². The van der Waals surface area contributed by atoms with Crippen LogP contribution in [0, 0.1) is 0 Å². The minimum atomic E-state index is -0.0132. The molecule has 0 saturated heterocycles. The summed E-state index contributed by atoms with van der Waals surface area (Å²) < 4.78 is 2.83. The highest BCUT2D eigenvalue weighted by Gasteiger charge is 2.30. The number of halogens is 1. The summed E-state index contributed by atoms with van der Waals surface area (Å²) in [4.78, 5) is 12.8. The SMILES string of the molecule is O=C(CCc1nn2c(C3CC3)nnc2s1)Nc1ccc(Br)cc1. The standard InChI is InChI=1S/C15H14BrN5OS/c16-10-3-5-11(6-4-10)17-12(22)7-8-13-20-21-14(9-1-2-9)18-19-15(21)23-13/h3-6,9H,1-2,7-8H2,(H,17,22). The number of benzene rings is 1. The van der Waals surface area contributed by atoms with Gasteiger partial charge in [0.1, 0.15) is 5.01 Å². The van der Waals surface area contributed by atoms with Gasteiger partial charge in [-0.3, -0.25) is 4.79 Å². The Kier molecular flexibility index (Phi) is 3.86. The first-order valence-electron chi connectivity index (χ1n) is 7.45. The molecule has 0 spiro atoms. The monoisotopic (exact) mass is 391 g/mol. The summed E-state index contributed by atoms with van der Waals surface area (Å²) in [5.74, 6) is 1.46. The third kappa shape index (κ3) is 3.28. The molecule has 6 nitrogen and oxygen atoms in total. The lowest BCUT2D eigenvalue weighted by atomic mass is 10.2. The van der Waals surface area contributed by atoms with E-state index in [1.807, 2.05) is 28.8 Å². The van der Waals surface area contributed by atoms with Gasteiger partial charge in [0, 0.05) is 28.9 Å². The minimum Gasteiger partial charge on any atom is -0.326 e. The third-order valence-corrected chi connectivity index (χ3v) is 5.18. The van der Waals surface area contributed by atoms with Crippen LogP contribution in [0.3, 0.4) is 0 Å². The van der Waals surface area contributed by atoms with Gasteiger partial charge < -0.3 is 5.32 Å². The van der Waals surface area contributed by atoms with E-state index in [1.165, 1.54) is 24.2 Å². The summed E-state index contributed by atoms with van der Waals surface area (Å²) in [6.07, 6.45) is 3.35. The van der Waals surface area contributed by atoms with E-state index in [4.69, 9.17) is 0 Å². The van der Waals surface area contributed by atoms with Crippen molar-refractivity contribution in [1.82, 2.24) is 19.8 Å². The van der Waals surface area contributed by atoms with Crippen molar-refractivity contribution in [3.8, 4) is 0 Å². The fourth-order valence-electron chi connectivity index (χ4n) is 2.35. The number of aromatic nitrogens is 4. The van der Waals surface area contributed by atoms with Gasteiger partial charge in [-0.2, -0.15) is 9.61 Å². The number of rotatable bonds is 5. The normalized spacial score (nSPS) is 14.3. The van der Waals surface area contributed by atoms with Crippen molar-refractivity contribution in [3.63, 3.8) is 0 Å². The molecule has 0 unspecified atom stereocenters. The van der Waals surface area contributed by atoms with Gasteiger partial charge in [-0.15, -0.1) is 10.2 Å². The molecule has 1 N–H and O–H groups in total. The van der Waals surface area contributed by atoms with Gasteiger partial charge >= 0.3 is 0 Å². The van der Waals surface area contributed by atoms with Gasteiger partial charge in [-0.05, 0) is 37.1 Å². The number of amides is 1. The van der Waals surface area contributed by atoms with Crippen LogP contribution in [0.4, 0.5) is 5.69 Å². The van der Waals surface area contributed by atoms with Crippen LogP contribution in [-0.2, 0) is 11.2 Å². The molecule has 0 aliphatic heterocycles. The second-order valence-corrected chi connectivity index (χ2v) is 7.53. The molecule has 1 aliphatic carbocycles. The zero-order valence-corrected chi connectivity index (χ0v) is 14.6. The lowest BCUT2D eigenvalue weighted by Gasteiger charge is -2.04. The molecule has 23 heavy (non-hydrogen) atoms. The number of hydrogen-bond donors (Lipinski definition) is 1. The molecule has 1 saturated carbocycles. The van der Waals surface area contributed by atoms with Crippen molar-refractivity contribution in [2.75, 3.05) is 5.32 Å². The number of nitrogens with one attached hydrogen (secondary N) is 1. The quantitative estimate of drug-likeness (QED) is 0.723. The predicted molar refractivity (Wildman–Crippen MR) is 91.7 cm³/mol. The van der Waals surface area contributed by atoms with Crippen LogP contribution < -0.4 is 5.32 Å². The summed E-state index contributed by atoms with van der Waals surface area (Å²) in [5.41, 5.74) is 0.798. The molecule has 4 rings (SSSR count). The Bertz CT molecular complexity index is 853. The van der Waals surface area contributed by atoms with Gasteiger partial charge in [0.25, 0.3) is 0 Å². The Morgan fingerprint density at radius 3 is 2.83 bits per heavy atom. The summed E-state index contributed by atoms with van der Waals surface area (Å²) in [6, 6.07) is 7.54. The van der Waals surface area contributed by atoms with Crippen LogP contribution in [-0.4, -0.2) is 25.7 Å². The lowest BCUT2D eigenvalue weighted by molar-refractivity contribution is -0.116. The fraction of sp³-hybridized carbons (Fsp3) is 0.333. The third-order valence-electron chi connectivity index (χ3n) is 3.69. The van der Waals surface area contributed by atoms with Crippen molar-refractivity contribution in [2.24, 2.45) is 0 Å². The molecule has 8 heteroatoms. The van der Waals surface area contributed by atoms with Crippen molar-refractivity contribution >= 4 is 43.8 Å². The number of fused-ring (bicyclic) bond motifs is 1. The van der Waals surface area contributed by atoms with Gasteiger partial charge in [0.2, 0.25) is 10.9 Å². The van der Waals surface area contributed by atoms with E-state index in [2.05, 4.69) is 36.5 Å². The molecule has 118 valence electrons. The number of hydrogen-bond acceptors (Lipinski definition) is 5. The van der Waals surface area contributed by atoms with Gasteiger partial charge in [-0.1, -0.05) is 27.3 Å². The number of carbonyl (C=O) groups is 1. The highest BCUT2D eigenvalue weighted by molar-refractivity contribution is 9.10. The maximum absolute atomic E-state index is 12.0. The predicted octanol–water partition coefficient (Wildman–Crippen LogP) is 3.40. The zero-order valence-electron chi connectivity index (χ0n) is 12.2. The van der Waals surface area contributed by atoms with Crippen LogP contribution in [0.1, 0.15) is 36.0 Å². The number of anilines is 1.